The van der Waals surface area contributed by atoms with Gasteiger partial charge in [0.1, 0.15) is 5.82 Å². The van der Waals surface area contributed by atoms with Gasteiger partial charge in [-0.3, -0.25) is 4.90 Å². The number of benzene rings is 2. The second-order valence-electron chi connectivity index (χ2n) is 9.76. The first-order valence-electron chi connectivity index (χ1n) is 11.9. The van der Waals surface area contributed by atoms with Crippen LogP contribution in [0.5, 0.6) is 0 Å². The van der Waals surface area contributed by atoms with Gasteiger partial charge in [-0.1, -0.05) is 30.3 Å². The van der Waals surface area contributed by atoms with Crippen molar-refractivity contribution in [1.82, 2.24) is 14.9 Å². The van der Waals surface area contributed by atoms with Crippen LogP contribution in [0.4, 0.5) is 10.5 Å². The zero-order valence-electron chi connectivity index (χ0n) is 18.5. The quantitative estimate of drug-likeness (QED) is 0.636. The number of hydrogen-bond donors (Lipinski definition) is 2. The summed E-state index contributed by atoms with van der Waals surface area (Å²) in [6, 6.07) is 15.1. The van der Waals surface area contributed by atoms with Crippen molar-refractivity contribution in [3.63, 3.8) is 0 Å². The van der Waals surface area contributed by atoms with Crippen LogP contribution >= 0.6 is 0 Å². The maximum absolute atomic E-state index is 12.0. The van der Waals surface area contributed by atoms with E-state index in [0.717, 1.165) is 60.9 Å². The van der Waals surface area contributed by atoms with E-state index in [1.807, 2.05) is 13.0 Å². The number of carboxylic acid groups (broad SMARTS) is 1. The number of hydrogen-bond acceptors (Lipinski definition) is 3. The Morgan fingerprint density at radius 2 is 1.97 bits per heavy atom. The summed E-state index contributed by atoms with van der Waals surface area (Å²) in [5, 5.41) is 13.5. The predicted octanol–water partition coefficient (Wildman–Crippen LogP) is 4.62. The lowest BCUT2D eigenvalue weighted by Gasteiger charge is -2.33. The third kappa shape index (κ3) is 3.04. The maximum atomic E-state index is 12.0. The van der Waals surface area contributed by atoms with Gasteiger partial charge in [-0.2, -0.15) is 0 Å². The van der Waals surface area contributed by atoms with Crippen molar-refractivity contribution in [2.75, 3.05) is 18.0 Å². The molecule has 0 bridgehead atoms. The Balaban J connectivity index is 1.52. The summed E-state index contributed by atoms with van der Waals surface area (Å²) in [5.74, 6) is 2.51. The number of nitrogens with one attached hydrogen (secondary N) is 1. The van der Waals surface area contributed by atoms with Crippen LogP contribution in [-0.2, 0) is 12.8 Å². The number of amides is 1. The van der Waals surface area contributed by atoms with Crippen LogP contribution in [-0.4, -0.2) is 39.9 Å². The predicted molar refractivity (Wildman–Crippen MR) is 125 cm³/mol. The second-order valence-corrected chi connectivity index (χ2v) is 9.76. The van der Waals surface area contributed by atoms with E-state index in [4.69, 9.17) is 4.98 Å². The monoisotopic (exact) mass is 430 g/mol. The molecule has 6 rings (SSSR count). The van der Waals surface area contributed by atoms with Crippen LogP contribution in [0.25, 0.3) is 11.0 Å². The Bertz CT molecular complexity index is 1170. The van der Waals surface area contributed by atoms with Gasteiger partial charge >= 0.3 is 6.09 Å². The molecule has 2 aromatic carbocycles. The molecule has 1 saturated heterocycles. The number of imidazole rings is 1. The third-order valence-electron chi connectivity index (χ3n) is 7.99. The molecule has 1 amide bonds. The topological polar surface area (TPSA) is 70.4 Å². The first-order valence-corrected chi connectivity index (χ1v) is 11.9. The van der Waals surface area contributed by atoms with Crippen LogP contribution in [0.2, 0.25) is 0 Å². The molecule has 1 aliphatic carbocycles. The van der Waals surface area contributed by atoms with Crippen LogP contribution in [0.3, 0.4) is 0 Å². The third-order valence-corrected chi connectivity index (χ3v) is 7.99. The average Bonchev–Trinajstić information content (AvgIpc) is 3.48. The SMILES string of the molecule is C[C@H]1CCc2c(ccc3c2nc(Cc2ccccc2)n3[C@H]2CC[C@@H]3CNC[C@H]32)N1C(=O)O. The van der Waals surface area contributed by atoms with Gasteiger partial charge in [0.2, 0.25) is 0 Å². The van der Waals surface area contributed by atoms with E-state index in [-0.39, 0.29) is 6.04 Å². The first kappa shape index (κ1) is 19.8. The molecular weight excluding hydrogens is 400 g/mol. The van der Waals surface area contributed by atoms with Crippen molar-refractivity contribution >= 4 is 22.8 Å². The molecule has 0 unspecified atom stereocenters. The molecule has 6 nitrogen and oxygen atoms in total. The number of carbonyl (C=O) groups is 1. The van der Waals surface area contributed by atoms with Crippen molar-refractivity contribution in [3.8, 4) is 0 Å². The highest BCUT2D eigenvalue weighted by Gasteiger charge is 2.41. The van der Waals surface area contributed by atoms with Gasteiger partial charge in [-0.05, 0) is 68.7 Å². The summed E-state index contributed by atoms with van der Waals surface area (Å²) in [5.41, 5.74) is 5.34. The van der Waals surface area contributed by atoms with Crippen molar-refractivity contribution in [1.29, 1.82) is 0 Å². The summed E-state index contributed by atoms with van der Waals surface area (Å²) in [6.45, 7) is 4.20. The van der Waals surface area contributed by atoms with Crippen molar-refractivity contribution < 1.29 is 9.90 Å². The minimum Gasteiger partial charge on any atom is -0.465 e. The molecule has 3 aromatic rings. The summed E-state index contributed by atoms with van der Waals surface area (Å²) < 4.78 is 2.52. The van der Waals surface area contributed by atoms with Gasteiger partial charge < -0.3 is 15.0 Å². The van der Waals surface area contributed by atoms with Gasteiger partial charge in [0.15, 0.2) is 0 Å². The fourth-order valence-electron chi connectivity index (χ4n) is 6.45. The van der Waals surface area contributed by atoms with Crippen LogP contribution in [0.1, 0.15) is 49.2 Å². The van der Waals surface area contributed by atoms with E-state index in [9.17, 15) is 9.90 Å². The van der Waals surface area contributed by atoms with E-state index >= 15 is 0 Å². The van der Waals surface area contributed by atoms with Gasteiger partial charge in [0.25, 0.3) is 0 Å². The molecule has 1 saturated carbocycles. The minimum atomic E-state index is -0.877. The lowest BCUT2D eigenvalue weighted by molar-refractivity contribution is 0.198. The smallest absolute Gasteiger partial charge is 0.412 e. The van der Waals surface area contributed by atoms with Gasteiger partial charge in [-0.25, -0.2) is 9.78 Å². The van der Waals surface area contributed by atoms with Gasteiger partial charge in [0.05, 0.1) is 16.7 Å². The summed E-state index contributed by atoms with van der Waals surface area (Å²) in [6.07, 6.45) is 4.08. The average molecular weight is 431 g/mol. The Morgan fingerprint density at radius 1 is 1.12 bits per heavy atom. The van der Waals surface area contributed by atoms with Gasteiger partial charge in [-0.15, -0.1) is 0 Å². The Kier molecular flexibility index (Phi) is 4.72. The normalized spacial score (nSPS) is 27.0. The number of nitrogens with zero attached hydrogens (tertiary/aromatic N) is 3. The lowest BCUT2D eigenvalue weighted by atomic mass is 9.95. The lowest BCUT2D eigenvalue weighted by Crippen LogP contribution is -2.41. The molecule has 0 radical (unpaired) electrons. The molecule has 2 N–H and O–H groups in total. The molecular formula is C26H30N4O2. The zero-order valence-corrected chi connectivity index (χ0v) is 18.5. The molecule has 2 aliphatic heterocycles. The molecule has 3 aliphatic rings. The standard InChI is InChI=1S/C26H30N4O2/c1-16-7-9-19-21(29(16)26(31)32)11-12-23-25(19)28-24(13-17-5-3-2-4-6-17)30(23)22-10-8-18-14-27-15-20(18)22/h2-6,11-12,16,18,20,22,27H,7-10,13-15H2,1H3,(H,31,32)/t16-,18+,20+,22-/m0/s1. The highest BCUT2D eigenvalue weighted by atomic mass is 16.4. The van der Waals surface area contributed by atoms with E-state index in [0.29, 0.717) is 12.0 Å². The second kappa shape index (κ2) is 7.62. The molecule has 32 heavy (non-hydrogen) atoms. The number of fused-ring (bicyclic) bond motifs is 4. The maximum Gasteiger partial charge on any atom is 0.412 e. The fraction of sp³-hybridized carbons (Fsp3) is 0.462. The van der Waals surface area contributed by atoms with E-state index in [2.05, 4.69) is 46.3 Å². The fourth-order valence-corrected chi connectivity index (χ4v) is 6.45. The molecule has 2 fully saturated rings. The van der Waals surface area contributed by atoms with E-state index in [1.54, 1.807) is 0 Å². The van der Waals surface area contributed by atoms with Crippen LogP contribution in [0, 0.1) is 11.8 Å². The summed E-state index contributed by atoms with van der Waals surface area (Å²) >= 11 is 0. The molecule has 3 heterocycles. The van der Waals surface area contributed by atoms with Crippen molar-refractivity contribution in [2.24, 2.45) is 11.8 Å². The highest BCUT2D eigenvalue weighted by molar-refractivity contribution is 5.94. The highest BCUT2D eigenvalue weighted by Crippen LogP contribution is 2.45. The largest absolute Gasteiger partial charge is 0.465 e. The van der Waals surface area contributed by atoms with Crippen LogP contribution in [0.15, 0.2) is 42.5 Å². The first-order chi connectivity index (χ1) is 15.6. The van der Waals surface area contributed by atoms with Crippen molar-refractivity contribution in [2.45, 2.75) is 51.1 Å². The Hall–Kier alpha value is -2.86. The Morgan fingerprint density at radius 3 is 2.78 bits per heavy atom. The zero-order chi connectivity index (χ0) is 21.8. The molecule has 4 atom stereocenters. The van der Waals surface area contributed by atoms with E-state index in [1.165, 1.54) is 28.8 Å². The summed E-state index contributed by atoms with van der Waals surface area (Å²) in [7, 11) is 0. The molecule has 1 aromatic heterocycles. The van der Waals surface area contributed by atoms with Crippen molar-refractivity contribution in [3.05, 3.63) is 59.4 Å². The minimum absolute atomic E-state index is 0.0107. The number of rotatable bonds is 3. The molecule has 0 spiro atoms. The Labute approximate surface area is 188 Å². The molecule has 166 valence electrons. The summed E-state index contributed by atoms with van der Waals surface area (Å²) in [4.78, 5) is 18.8. The number of aryl methyl sites for hydroxylation is 1. The number of anilines is 1. The number of aromatic nitrogens is 2. The van der Waals surface area contributed by atoms with Gasteiger partial charge in [0, 0.05) is 30.6 Å². The van der Waals surface area contributed by atoms with E-state index < -0.39 is 6.09 Å². The molecule has 6 heteroatoms. The van der Waals surface area contributed by atoms with Crippen LogP contribution < -0.4 is 10.2 Å².